The maximum absolute atomic E-state index is 12.5. The van der Waals surface area contributed by atoms with E-state index in [1.165, 1.54) is 12.3 Å². The van der Waals surface area contributed by atoms with Crippen molar-refractivity contribution in [3.63, 3.8) is 0 Å². The number of rotatable bonds is 1. The quantitative estimate of drug-likeness (QED) is 0.741. The lowest BCUT2D eigenvalue weighted by molar-refractivity contribution is -0.136. The zero-order valence-electron chi connectivity index (χ0n) is 7.30. The van der Waals surface area contributed by atoms with Gasteiger partial charge in [0, 0.05) is 10.9 Å². The lowest BCUT2D eigenvalue weighted by atomic mass is 10.1. The summed E-state index contributed by atoms with van der Waals surface area (Å²) in [6.45, 7) is 0. The Morgan fingerprint density at radius 1 is 1.33 bits per heavy atom. The van der Waals surface area contributed by atoms with Crippen LogP contribution < -0.4 is 0 Å². The fourth-order valence-electron chi connectivity index (χ4n) is 1.37. The van der Waals surface area contributed by atoms with Crippen molar-refractivity contribution < 1.29 is 18.0 Å². The number of aldehydes is 1. The molecule has 0 bridgehead atoms. The van der Waals surface area contributed by atoms with Gasteiger partial charge in [0.05, 0.1) is 17.3 Å². The molecule has 15 heavy (non-hydrogen) atoms. The predicted molar refractivity (Wildman–Crippen MR) is 46.5 cm³/mol. The van der Waals surface area contributed by atoms with Crippen LogP contribution >= 0.6 is 0 Å². The summed E-state index contributed by atoms with van der Waals surface area (Å²) in [4.78, 5) is 10.5. The van der Waals surface area contributed by atoms with E-state index >= 15 is 0 Å². The molecular weight excluding hydrogens is 209 g/mol. The average molecular weight is 214 g/mol. The largest absolute Gasteiger partial charge is 0.418 e. The van der Waals surface area contributed by atoms with Gasteiger partial charge >= 0.3 is 6.18 Å². The molecular formula is C9H5F3N2O. The second-order valence-corrected chi connectivity index (χ2v) is 3.02. The van der Waals surface area contributed by atoms with Gasteiger partial charge in [-0.1, -0.05) is 0 Å². The van der Waals surface area contributed by atoms with Crippen LogP contribution in [0.2, 0.25) is 0 Å². The highest BCUT2D eigenvalue weighted by atomic mass is 19.4. The van der Waals surface area contributed by atoms with Gasteiger partial charge in [-0.05, 0) is 12.1 Å². The topological polar surface area (TPSA) is 45.8 Å². The summed E-state index contributed by atoms with van der Waals surface area (Å²) in [6.07, 6.45) is -2.87. The van der Waals surface area contributed by atoms with Crippen LogP contribution in [0.5, 0.6) is 0 Å². The summed E-state index contributed by atoms with van der Waals surface area (Å²) in [7, 11) is 0. The van der Waals surface area contributed by atoms with Crippen molar-refractivity contribution >= 4 is 17.2 Å². The summed E-state index contributed by atoms with van der Waals surface area (Å²) < 4.78 is 37.6. The Kier molecular flexibility index (Phi) is 1.99. The minimum atomic E-state index is -4.50. The Morgan fingerprint density at radius 3 is 2.67 bits per heavy atom. The van der Waals surface area contributed by atoms with E-state index in [9.17, 15) is 18.0 Å². The maximum atomic E-state index is 12.5. The van der Waals surface area contributed by atoms with Crippen LogP contribution in [-0.4, -0.2) is 16.5 Å². The van der Waals surface area contributed by atoms with E-state index in [0.29, 0.717) is 6.29 Å². The van der Waals surface area contributed by atoms with E-state index in [4.69, 9.17) is 0 Å². The van der Waals surface area contributed by atoms with Gasteiger partial charge in [0.25, 0.3) is 0 Å². The van der Waals surface area contributed by atoms with Gasteiger partial charge in [-0.3, -0.25) is 9.89 Å². The molecule has 0 radical (unpaired) electrons. The number of nitrogens with one attached hydrogen (secondary N) is 1. The second kappa shape index (κ2) is 3.08. The molecule has 1 aromatic heterocycles. The molecule has 2 aromatic rings. The first-order valence-electron chi connectivity index (χ1n) is 4.02. The molecule has 78 valence electrons. The third-order valence-corrected chi connectivity index (χ3v) is 2.01. The number of aromatic nitrogens is 2. The first-order chi connectivity index (χ1) is 7.02. The average Bonchev–Trinajstić information content (AvgIpc) is 2.61. The van der Waals surface area contributed by atoms with Crippen LogP contribution in [0.15, 0.2) is 18.3 Å². The van der Waals surface area contributed by atoms with Crippen molar-refractivity contribution in [1.82, 2.24) is 10.2 Å². The summed E-state index contributed by atoms with van der Waals surface area (Å²) in [5.74, 6) is 0. The molecule has 0 fully saturated rings. The van der Waals surface area contributed by atoms with Crippen LogP contribution in [-0.2, 0) is 6.18 Å². The van der Waals surface area contributed by atoms with Crippen LogP contribution in [0.4, 0.5) is 13.2 Å². The number of benzene rings is 1. The van der Waals surface area contributed by atoms with Crippen molar-refractivity contribution in [3.05, 3.63) is 29.5 Å². The van der Waals surface area contributed by atoms with Crippen molar-refractivity contribution in [2.24, 2.45) is 0 Å². The number of alkyl halides is 3. The first-order valence-corrected chi connectivity index (χ1v) is 4.02. The minimum absolute atomic E-state index is 0.0174. The Morgan fingerprint density at radius 2 is 2.07 bits per heavy atom. The highest BCUT2D eigenvalue weighted by Crippen LogP contribution is 2.34. The van der Waals surface area contributed by atoms with E-state index in [-0.39, 0.29) is 16.5 Å². The minimum Gasteiger partial charge on any atom is -0.298 e. The van der Waals surface area contributed by atoms with Gasteiger partial charge in [-0.15, -0.1) is 0 Å². The number of nitrogens with zero attached hydrogens (tertiary/aromatic N) is 1. The first kappa shape index (κ1) is 9.70. The van der Waals surface area contributed by atoms with Crippen molar-refractivity contribution in [2.75, 3.05) is 0 Å². The molecule has 1 N–H and O–H groups in total. The Balaban J connectivity index is 2.80. The van der Waals surface area contributed by atoms with Gasteiger partial charge in [0.1, 0.15) is 6.29 Å². The Hall–Kier alpha value is -1.85. The standard InChI is InChI=1S/C9H5F3N2O/c10-9(11,12)7-2-5(4-15)1-6-3-13-14-8(6)7/h1-4H,(H,13,14). The number of carbonyl (C=O) groups excluding carboxylic acids is 1. The molecule has 0 amide bonds. The third kappa shape index (κ3) is 1.58. The van der Waals surface area contributed by atoms with Gasteiger partial charge < -0.3 is 0 Å². The van der Waals surface area contributed by atoms with Crippen LogP contribution in [0.1, 0.15) is 15.9 Å². The Bertz CT molecular complexity index is 516. The van der Waals surface area contributed by atoms with Gasteiger partial charge in [-0.25, -0.2) is 0 Å². The normalized spacial score (nSPS) is 11.9. The monoisotopic (exact) mass is 214 g/mol. The smallest absolute Gasteiger partial charge is 0.298 e. The number of hydrogen-bond acceptors (Lipinski definition) is 2. The van der Waals surface area contributed by atoms with Crippen molar-refractivity contribution in [3.8, 4) is 0 Å². The maximum Gasteiger partial charge on any atom is 0.418 e. The van der Waals surface area contributed by atoms with Gasteiger partial charge in [-0.2, -0.15) is 18.3 Å². The SMILES string of the molecule is O=Cc1cc(C(F)(F)F)c2[nH]ncc2c1. The molecule has 0 aliphatic carbocycles. The number of carbonyl (C=O) groups is 1. The number of fused-ring (bicyclic) bond motifs is 1. The molecule has 1 heterocycles. The predicted octanol–water partition coefficient (Wildman–Crippen LogP) is 2.39. The second-order valence-electron chi connectivity index (χ2n) is 3.02. The van der Waals surface area contributed by atoms with Crippen LogP contribution in [0.25, 0.3) is 10.9 Å². The molecule has 6 heteroatoms. The number of aromatic amines is 1. The highest BCUT2D eigenvalue weighted by molar-refractivity contribution is 5.89. The molecule has 3 nitrogen and oxygen atoms in total. The lowest BCUT2D eigenvalue weighted by Gasteiger charge is -2.07. The fourth-order valence-corrected chi connectivity index (χ4v) is 1.37. The van der Waals surface area contributed by atoms with E-state index in [0.717, 1.165) is 6.07 Å². The molecule has 2 rings (SSSR count). The number of hydrogen-bond donors (Lipinski definition) is 1. The molecule has 0 spiro atoms. The Labute approximate surface area is 81.9 Å². The summed E-state index contributed by atoms with van der Waals surface area (Å²) >= 11 is 0. The lowest BCUT2D eigenvalue weighted by Crippen LogP contribution is -2.06. The molecule has 0 unspecified atom stereocenters. The summed E-state index contributed by atoms with van der Waals surface area (Å²) in [6, 6.07) is 2.15. The zero-order chi connectivity index (χ0) is 11.1. The van der Waals surface area contributed by atoms with E-state index in [1.807, 2.05) is 0 Å². The van der Waals surface area contributed by atoms with Gasteiger partial charge in [0.15, 0.2) is 0 Å². The molecule has 1 aromatic carbocycles. The third-order valence-electron chi connectivity index (χ3n) is 2.01. The fraction of sp³-hybridized carbons (Fsp3) is 0.111. The van der Waals surface area contributed by atoms with Crippen LogP contribution in [0, 0.1) is 0 Å². The molecule has 0 aliphatic heterocycles. The van der Waals surface area contributed by atoms with Crippen LogP contribution in [0.3, 0.4) is 0 Å². The van der Waals surface area contributed by atoms with Gasteiger partial charge in [0.2, 0.25) is 0 Å². The summed E-state index contributed by atoms with van der Waals surface area (Å²) in [5.41, 5.74) is -0.996. The molecule has 0 saturated heterocycles. The van der Waals surface area contributed by atoms with Crippen molar-refractivity contribution in [2.45, 2.75) is 6.18 Å². The van der Waals surface area contributed by atoms with Crippen molar-refractivity contribution in [1.29, 1.82) is 0 Å². The molecule has 0 aliphatic rings. The highest BCUT2D eigenvalue weighted by Gasteiger charge is 2.33. The summed E-state index contributed by atoms with van der Waals surface area (Å²) in [5, 5.41) is 6.04. The number of H-pyrrole nitrogens is 1. The molecule has 0 atom stereocenters. The van der Waals surface area contributed by atoms with E-state index in [1.54, 1.807) is 0 Å². The molecule has 0 saturated carbocycles. The number of halogens is 3. The van der Waals surface area contributed by atoms with E-state index in [2.05, 4.69) is 10.2 Å². The zero-order valence-corrected chi connectivity index (χ0v) is 7.30. The van der Waals surface area contributed by atoms with E-state index < -0.39 is 11.7 Å².